The van der Waals surface area contributed by atoms with E-state index in [4.69, 9.17) is 0 Å². The van der Waals surface area contributed by atoms with E-state index in [1.807, 2.05) is 13.8 Å². The van der Waals surface area contributed by atoms with Crippen LogP contribution in [0.2, 0.25) is 0 Å². The molecule has 3 nitrogen and oxygen atoms in total. The molecule has 0 aliphatic rings. The molecule has 1 unspecified atom stereocenters. The van der Waals surface area contributed by atoms with Crippen molar-refractivity contribution in [1.29, 1.82) is 0 Å². The molecule has 0 radical (unpaired) electrons. The average molecular weight is 338 g/mol. The Balaban J connectivity index is 2.84. The lowest BCUT2D eigenvalue weighted by Crippen LogP contribution is -2.47. The van der Waals surface area contributed by atoms with Crippen LogP contribution in [0.15, 0.2) is 22.7 Å². The number of aliphatic hydroxyl groups is 1. The highest BCUT2D eigenvalue weighted by Crippen LogP contribution is 2.25. The van der Waals surface area contributed by atoms with Crippen LogP contribution in [-0.2, 0) is 6.54 Å². The van der Waals surface area contributed by atoms with Crippen LogP contribution in [-0.4, -0.2) is 23.4 Å². The monoisotopic (exact) mass is 337 g/mol. The molecule has 1 aromatic carbocycles. The van der Waals surface area contributed by atoms with Gasteiger partial charge in [-0.1, -0.05) is 15.9 Å². The highest BCUT2D eigenvalue weighted by molar-refractivity contribution is 9.10. The van der Waals surface area contributed by atoms with Crippen molar-refractivity contribution in [3.63, 3.8) is 0 Å². The second-order valence-electron chi connectivity index (χ2n) is 4.88. The number of alkyl halides is 2. The second-order valence-corrected chi connectivity index (χ2v) is 5.80. The van der Waals surface area contributed by atoms with Crippen molar-refractivity contribution in [2.24, 2.45) is 0 Å². The molecule has 108 valence electrons. The summed E-state index contributed by atoms with van der Waals surface area (Å²) in [5.74, 6) is 0.132. The first kappa shape index (κ1) is 16.3. The van der Waals surface area contributed by atoms with Gasteiger partial charge in [0.05, 0.1) is 6.10 Å². The number of benzene rings is 1. The number of halogens is 3. The van der Waals surface area contributed by atoms with Crippen molar-refractivity contribution in [2.75, 3.05) is 0 Å². The van der Waals surface area contributed by atoms with Gasteiger partial charge in [0, 0.05) is 22.1 Å². The van der Waals surface area contributed by atoms with Crippen molar-refractivity contribution in [2.45, 2.75) is 45.6 Å². The van der Waals surface area contributed by atoms with Crippen LogP contribution < -0.4 is 10.1 Å². The first-order chi connectivity index (χ1) is 8.72. The molecule has 0 spiro atoms. The van der Waals surface area contributed by atoms with Crippen molar-refractivity contribution in [1.82, 2.24) is 5.32 Å². The van der Waals surface area contributed by atoms with Crippen molar-refractivity contribution < 1.29 is 18.6 Å². The average Bonchev–Trinajstić information content (AvgIpc) is 2.28. The van der Waals surface area contributed by atoms with Gasteiger partial charge in [-0.15, -0.1) is 0 Å². The summed E-state index contributed by atoms with van der Waals surface area (Å²) in [6.07, 6.45) is -0.570. The van der Waals surface area contributed by atoms with E-state index < -0.39 is 18.3 Å². The molecule has 6 heteroatoms. The Labute approximate surface area is 120 Å². The maximum atomic E-state index is 12.3. The quantitative estimate of drug-likeness (QED) is 0.836. The summed E-state index contributed by atoms with van der Waals surface area (Å²) in [6.45, 7) is 2.81. The van der Waals surface area contributed by atoms with Gasteiger partial charge in [0.1, 0.15) is 5.75 Å². The van der Waals surface area contributed by atoms with Crippen LogP contribution >= 0.6 is 15.9 Å². The molecular weight excluding hydrogens is 320 g/mol. The summed E-state index contributed by atoms with van der Waals surface area (Å²) < 4.78 is 29.9. The first-order valence-electron chi connectivity index (χ1n) is 5.88. The lowest BCUT2D eigenvalue weighted by Gasteiger charge is -2.30. The zero-order valence-electron chi connectivity index (χ0n) is 11.1. The van der Waals surface area contributed by atoms with Gasteiger partial charge < -0.3 is 15.2 Å². The van der Waals surface area contributed by atoms with Crippen LogP contribution in [0.4, 0.5) is 8.78 Å². The Morgan fingerprint density at radius 1 is 1.42 bits per heavy atom. The highest BCUT2D eigenvalue weighted by Gasteiger charge is 2.23. The molecule has 0 bridgehead atoms. The largest absolute Gasteiger partial charge is 0.434 e. The van der Waals surface area contributed by atoms with Gasteiger partial charge in [0.2, 0.25) is 0 Å². The molecule has 0 amide bonds. The molecule has 0 fully saturated rings. The van der Waals surface area contributed by atoms with E-state index in [0.29, 0.717) is 12.1 Å². The fraction of sp³-hybridized carbons (Fsp3) is 0.538. The summed E-state index contributed by atoms with van der Waals surface area (Å²) in [5.41, 5.74) is 0.0770. The summed E-state index contributed by atoms with van der Waals surface area (Å²) in [5, 5.41) is 12.7. The zero-order valence-corrected chi connectivity index (χ0v) is 12.7. The van der Waals surface area contributed by atoms with E-state index in [0.717, 1.165) is 4.47 Å². The SMILES string of the molecule is CC(O)C(C)(C)NCc1cc(Br)ccc1OC(F)F. The van der Waals surface area contributed by atoms with Gasteiger partial charge >= 0.3 is 6.61 Å². The van der Waals surface area contributed by atoms with E-state index in [1.54, 1.807) is 19.1 Å². The predicted octanol–water partition coefficient (Wildman–Crippen LogP) is 3.30. The number of ether oxygens (including phenoxy) is 1. The third-order valence-electron chi connectivity index (χ3n) is 3.02. The van der Waals surface area contributed by atoms with Crippen molar-refractivity contribution in [3.05, 3.63) is 28.2 Å². The Hall–Kier alpha value is -0.720. The van der Waals surface area contributed by atoms with E-state index in [-0.39, 0.29) is 5.75 Å². The minimum Gasteiger partial charge on any atom is -0.434 e. The third-order valence-corrected chi connectivity index (χ3v) is 3.51. The topological polar surface area (TPSA) is 41.5 Å². The molecule has 0 heterocycles. The van der Waals surface area contributed by atoms with Crippen LogP contribution in [0.5, 0.6) is 5.75 Å². The molecule has 0 aliphatic carbocycles. The van der Waals surface area contributed by atoms with Crippen LogP contribution in [0.25, 0.3) is 0 Å². The molecule has 0 saturated heterocycles. The lowest BCUT2D eigenvalue weighted by atomic mass is 9.98. The van der Waals surface area contributed by atoms with E-state index in [1.165, 1.54) is 6.07 Å². The third kappa shape index (κ3) is 5.04. The number of hydrogen-bond donors (Lipinski definition) is 2. The Bertz CT molecular complexity index is 425. The normalized spacial score (nSPS) is 13.7. The number of aliphatic hydroxyl groups excluding tert-OH is 1. The summed E-state index contributed by atoms with van der Waals surface area (Å²) in [6, 6.07) is 4.84. The summed E-state index contributed by atoms with van der Waals surface area (Å²) >= 11 is 3.29. The molecule has 1 aromatic rings. The van der Waals surface area contributed by atoms with Gasteiger partial charge in [-0.05, 0) is 39.0 Å². The Kier molecular flexibility index (Phi) is 5.70. The van der Waals surface area contributed by atoms with E-state index in [9.17, 15) is 13.9 Å². The van der Waals surface area contributed by atoms with Gasteiger partial charge in [-0.25, -0.2) is 0 Å². The fourth-order valence-electron chi connectivity index (χ4n) is 1.37. The second kappa shape index (κ2) is 6.63. The highest BCUT2D eigenvalue weighted by atomic mass is 79.9. The van der Waals surface area contributed by atoms with Crippen LogP contribution in [0.3, 0.4) is 0 Å². The number of rotatable bonds is 6. The minimum atomic E-state index is -2.86. The van der Waals surface area contributed by atoms with Crippen LogP contribution in [0, 0.1) is 0 Å². The Morgan fingerprint density at radius 3 is 2.58 bits per heavy atom. The minimum absolute atomic E-state index is 0.132. The molecule has 0 aromatic heterocycles. The smallest absolute Gasteiger partial charge is 0.387 e. The van der Waals surface area contributed by atoms with Gasteiger partial charge in [-0.3, -0.25) is 0 Å². The molecule has 1 rings (SSSR count). The van der Waals surface area contributed by atoms with E-state index >= 15 is 0 Å². The predicted molar refractivity (Wildman–Crippen MR) is 73.4 cm³/mol. The maximum absolute atomic E-state index is 12.3. The molecule has 0 saturated carbocycles. The van der Waals surface area contributed by atoms with Crippen molar-refractivity contribution >= 4 is 15.9 Å². The standard InChI is InChI=1S/C13H18BrF2NO2/c1-8(18)13(2,3)17-7-9-6-10(14)4-5-11(9)19-12(15)16/h4-6,8,12,17-18H,7H2,1-3H3. The van der Waals surface area contributed by atoms with Gasteiger partial charge in [0.15, 0.2) is 0 Å². The lowest BCUT2D eigenvalue weighted by molar-refractivity contribution is -0.0506. The van der Waals surface area contributed by atoms with Crippen molar-refractivity contribution in [3.8, 4) is 5.75 Å². The van der Waals surface area contributed by atoms with Crippen LogP contribution in [0.1, 0.15) is 26.3 Å². The molecule has 2 N–H and O–H groups in total. The molecule has 1 atom stereocenters. The maximum Gasteiger partial charge on any atom is 0.387 e. The Morgan fingerprint density at radius 2 is 2.05 bits per heavy atom. The van der Waals surface area contributed by atoms with Gasteiger partial charge in [0.25, 0.3) is 0 Å². The zero-order chi connectivity index (χ0) is 14.6. The summed E-state index contributed by atoms with van der Waals surface area (Å²) in [7, 11) is 0. The molecular formula is C13H18BrF2NO2. The fourth-order valence-corrected chi connectivity index (χ4v) is 1.78. The van der Waals surface area contributed by atoms with E-state index in [2.05, 4.69) is 26.0 Å². The van der Waals surface area contributed by atoms with Gasteiger partial charge in [-0.2, -0.15) is 8.78 Å². The number of nitrogens with one attached hydrogen (secondary N) is 1. The molecule has 0 aliphatic heterocycles. The first-order valence-corrected chi connectivity index (χ1v) is 6.68. The summed E-state index contributed by atoms with van der Waals surface area (Å²) in [4.78, 5) is 0. The molecule has 19 heavy (non-hydrogen) atoms. The number of hydrogen-bond acceptors (Lipinski definition) is 3.